The Hall–Kier alpha value is -7.61. The van der Waals surface area contributed by atoms with E-state index in [4.69, 9.17) is 4.99 Å². The molecule has 0 radical (unpaired) electrons. The Morgan fingerprint density at radius 2 is 0.763 bits per heavy atom. The van der Waals surface area contributed by atoms with Crippen LogP contribution in [0.4, 0.5) is 0 Å². The Morgan fingerprint density at radius 3 is 1.32 bits per heavy atom. The molecule has 0 N–H and O–H groups in total. The summed E-state index contributed by atoms with van der Waals surface area (Å²) in [6.07, 6.45) is 8.65. The molecule has 1 unspecified atom stereocenters. The van der Waals surface area contributed by atoms with Gasteiger partial charge in [0.15, 0.2) is 0 Å². The third-order valence-electron chi connectivity index (χ3n) is 12.5. The average Bonchev–Trinajstić information content (AvgIpc) is 3.70. The van der Waals surface area contributed by atoms with Crippen LogP contribution in [0.15, 0.2) is 223 Å². The number of hydrogen-bond acceptors (Lipinski definition) is 1. The number of nitrogens with zero attached hydrogens (tertiary/aromatic N) is 1. The van der Waals surface area contributed by atoms with Crippen molar-refractivity contribution in [3.63, 3.8) is 0 Å². The topological polar surface area (TPSA) is 12.4 Å². The van der Waals surface area contributed by atoms with Gasteiger partial charge in [0.25, 0.3) is 0 Å². The van der Waals surface area contributed by atoms with Gasteiger partial charge in [-0.2, -0.15) is 0 Å². The number of rotatable bonds is 5. The fourth-order valence-corrected chi connectivity index (χ4v) is 9.93. The quantitative estimate of drug-likeness (QED) is 0.156. The highest BCUT2D eigenvalue weighted by Gasteiger charge is 2.30. The molecule has 2 aliphatic rings. The predicted molar refractivity (Wildman–Crippen MR) is 253 cm³/mol. The lowest BCUT2D eigenvalue weighted by molar-refractivity contribution is 1.18. The fraction of sp³-hybridized carbons (Fsp3) is 0.0172. The summed E-state index contributed by atoms with van der Waals surface area (Å²) in [5.74, 6) is 0.159. The predicted octanol–water partition coefficient (Wildman–Crippen LogP) is 15.5. The van der Waals surface area contributed by atoms with Gasteiger partial charge in [-0.05, 0) is 111 Å². The number of aliphatic imine (C=N–C) groups is 1. The number of hydrogen-bond donors (Lipinski definition) is 0. The van der Waals surface area contributed by atoms with Crippen molar-refractivity contribution in [1.82, 2.24) is 0 Å². The molecule has 1 nitrogen and oxygen atoms in total. The van der Waals surface area contributed by atoms with E-state index in [0.29, 0.717) is 0 Å². The van der Waals surface area contributed by atoms with Gasteiger partial charge in [0.2, 0.25) is 0 Å². The highest BCUT2D eigenvalue weighted by Crippen LogP contribution is 2.50. The van der Waals surface area contributed by atoms with Crippen LogP contribution < -0.4 is 0 Å². The minimum atomic E-state index is 0.159. The standard InChI is InChI=1S/C58H37N/c1-2-17-38(18-3-1)55-51-28-14-15-29-52(51)59-58(55)40-33-31-39(32-34-40)53-43-20-6-10-24-47(43)56(48-25-11-7-21-44(48)53)57-49-26-12-8-22-45(49)54(46-23-9-13-27-50(46)57)42-35-30-37-16-4-5-19-41(37)36-42/h1-36,51H. The zero-order valence-corrected chi connectivity index (χ0v) is 32.3. The molecule has 1 atom stereocenters. The normalized spacial score (nSPS) is 14.8. The maximum Gasteiger partial charge on any atom is 0.0753 e. The Morgan fingerprint density at radius 1 is 0.322 bits per heavy atom. The van der Waals surface area contributed by atoms with Gasteiger partial charge in [0.05, 0.1) is 11.4 Å². The van der Waals surface area contributed by atoms with Crippen LogP contribution in [0.5, 0.6) is 0 Å². The second kappa shape index (κ2) is 13.5. The van der Waals surface area contributed by atoms with Gasteiger partial charge in [-0.1, -0.05) is 206 Å². The van der Waals surface area contributed by atoms with Crippen molar-refractivity contribution < 1.29 is 0 Å². The minimum absolute atomic E-state index is 0.159. The van der Waals surface area contributed by atoms with E-state index in [-0.39, 0.29) is 5.92 Å². The third-order valence-corrected chi connectivity index (χ3v) is 12.5. The Bertz CT molecular complexity index is 3360. The molecule has 59 heavy (non-hydrogen) atoms. The fourth-order valence-electron chi connectivity index (χ4n) is 9.93. The molecule has 0 spiro atoms. The molecular formula is C58H37N. The van der Waals surface area contributed by atoms with Gasteiger partial charge in [-0.25, -0.2) is 0 Å². The molecule has 274 valence electrons. The van der Waals surface area contributed by atoms with Crippen molar-refractivity contribution in [2.75, 3.05) is 0 Å². The second-order valence-corrected chi connectivity index (χ2v) is 15.7. The zero-order valence-electron chi connectivity index (χ0n) is 32.3. The van der Waals surface area contributed by atoms with E-state index < -0.39 is 0 Å². The van der Waals surface area contributed by atoms with Gasteiger partial charge in [0, 0.05) is 11.5 Å². The van der Waals surface area contributed by atoms with Crippen molar-refractivity contribution in [1.29, 1.82) is 0 Å². The van der Waals surface area contributed by atoms with Crippen LogP contribution in [0.2, 0.25) is 0 Å². The largest absolute Gasteiger partial charge is 0.252 e. The van der Waals surface area contributed by atoms with Gasteiger partial charge in [-0.3, -0.25) is 4.99 Å². The van der Waals surface area contributed by atoms with Crippen molar-refractivity contribution in [3.05, 3.63) is 230 Å². The average molecular weight is 748 g/mol. The summed E-state index contributed by atoms with van der Waals surface area (Å²) in [6, 6.07) is 71.5. The van der Waals surface area contributed by atoms with Gasteiger partial charge < -0.3 is 0 Å². The lowest BCUT2D eigenvalue weighted by atomic mass is 9.81. The molecular weight excluding hydrogens is 711 g/mol. The molecule has 0 saturated heterocycles. The summed E-state index contributed by atoms with van der Waals surface area (Å²) >= 11 is 0. The molecule has 1 aliphatic heterocycles. The van der Waals surface area contributed by atoms with E-state index in [2.05, 4.69) is 218 Å². The molecule has 0 saturated carbocycles. The molecule has 12 rings (SSSR count). The molecule has 1 heteroatoms. The summed E-state index contributed by atoms with van der Waals surface area (Å²) < 4.78 is 0. The minimum Gasteiger partial charge on any atom is -0.252 e. The van der Waals surface area contributed by atoms with E-state index >= 15 is 0 Å². The SMILES string of the molecule is C1=CC2=NC(c3ccc(-c4c5ccccc5c(-c5c6ccccc6c(-c6ccc7ccccc7c6)c6ccccc56)c5ccccc45)cc3)=C(c3ccccc3)C2C=C1. The van der Waals surface area contributed by atoms with Crippen LogP contribution in [-0.4, -0.2) is 5.71 Å². The van der Waals surface area contributed by atoms with E-state index in [1.165, 1.54) is 98.4 Å². The third kappa shape index (κ3) is 5.29. The maximum atomic E-state index is 5.23. The Balaban J connectivity index is 1.09. The summed E-state index contributed by atoms with van der Waals surface area (Å²) in [5.41, 5.74) is 13.3. The first-order valence-corrected chi connectivity index (χ1v) is 20.5. The Labute approximate surface area is 343 Å². The molecule has 0 aromatic heterocycles. The van der Waals surface area contributed by atoms with E-state index in [1.54, 1.807) is 0 Å². The number of allylic oxidation sites excluding steroid dienone is 5. The van der Waals surface area contributed by atoms with Crippen molar-refractivity contribution in [2.45, 2.75) is 0 Å². The number of benzene rings is 10. The highest BCUT2D eigenvalue weighted by atomic mass is 14.8. The summed E-state index contributed by atoms with van der Waals surface area (Å²) in [7, 11) is 0. The lowest BCUT2D eigenvalue weighted by Gasteiger charge is -2.22. The first-order valence-electron chi connectivity index (χ1n) is 20.5. The zero-order chi connectivity index (χ0) is 38.9. The second-order valence-electron chi connectivity index (χ2n) is 15.7. The van der Waals surface area contributed by atoms with Crippen molar-refractivity contribution in [3.8, 4) is 33.4 Å². The first kappa shape index (κ1) is 33.5. The van der Waals surface area contributed by atoms with Crippen LogP contribution in [0, 0.1) is 5.92 Å². The summed E-state index contributed by atoms with van der Waals surface area (Å²) in [5, 5.41) is 12.5. The van der Waals surface area contributed by atoms with E-state index in [0.717, 1.165) is 17.0 Å². The van der Waals surface area contributed by atoms with Gasteiger partial charge in [-0.15, -0.1) is 0 Å². The molecule has 10 aromatic carbocycles. The van der Waals surface area contributed by atoms with Gasteiger partial charge >= 0.3 is 0 Å². The Kier molecular flexibility index (Phi) is 7.68. The van der Waals surface area contributed by atoms with Crippen LogP contribution in [0.1, 0.15) is 11.1 Å². The molecule has 0 bridgehead atoms. The monoisotopic (exact) mass is 747 g/mol. The van der Waals surface area contributed by atoms with Crippen molar-refractivity contribution in [2.24, 2.45) is 10.9 Å². The summed E-state index contributed by atoms with van der Waals surface area (Å²) in [4.78, 5) is 5.23. The maximum absolute atomic E-state index is 5.23. The smallest absolute Gasteiger partial charge is 0.0753 e. The first-order chi connectivity index (χ1) is 29.3. The van der Waals surface area contributed by atoms with E-state index in [1.807, 2.05) is 0 Å². The highest BCUT2D eigenvalue weighted by molar-refractivity contribution is 6.30. The molecule has 1 aliphatic carbocycles. The summed E-state index contributed by atoms with van der Waals surface area (Å²) in [6.45, 7) is 0. The van der Waals surface area contributed by atoms with Crippen LogP contribution in [0.3, 0.4) is 0 Å². The molecule has 0 amide bonds. The van der Waals surface area contributed by atoms with Crippen LogP contribution >= 0.6 is 0 Å². The van der Waals surface area contributed by atoms with Crippen molar-refractivity contribution >= 4 is 70.8 Å². The molecule has 1 heterocycles. The van der Waals surface area contributed by atoms with Crippen LogP contribution in [-0.2, 0) is 0 Å². The van der Waals surface area contributed by atoms with Gasteiger partial charge in [0.1, 0.15) is 0 Å². The molecule has 10 aromatic rings. The molecule has 0 fully saturated rings. The number of fused-ring (bicyclic) bond motifs is 6. The van der Waals surface area contributed by atoms with E-state index in [9.17, 15) is 0 Å². The van der Waals surface area contributed by atoms with Crippen LogP contribution in [0.25, 0.3) is 98.5 Å². The lowest BCUT2D eigenvalue weighted by Crippen LogP contribution is -2.09.